The van der Waals surface area contributed by atoms with Gasteiger partial charge in [0.2, 0.25) is 0 Å². The first kappa shape index (κ1) is 26.9. The van der Waals surface area contributed by atoms with Gasteiger partial charge >= 0.3 is 0 Å². The van der Waals surface area contributed by atoms with Gasteiger partial charge in [-0.3, -0.25) is 4.68 Å². The van der Waals surface area contributed by atoms with Gasteiger partial charge in [-0.25, -0.2) is 27.8 Å². The van der Waals surface area contributed by atoms with E-state index in [1.165, 1.54) is 23.3 Å². The number of rotatable bonds is 5. The number of hydrogen-bond donors (Lipinski definition) is 3. The molecule has 1 aliphatic rings. The van der Waals surface area contributed by atoms with Crippen molar-refractivity contribution in [2.75, 3.05) is 6.61 Å². The molecule has 0 radical (unpaired) electrons. The average molecular weight is 606 g/mol. The van der Waals surface area contributed by atoms with Crippen LogP contribution in [0.3, 0.4) is 0 Å². The second kappa shape index (κ2) is 10.5. The molecule has 2 unspecified atom stereocenters. The number of aryl methyl sites for hydroxylation is 1. The number of nitriles is 1. The smallest absolute Gasteiger partial charge is 0.194 e. The summed E-state index contributed by atoms with van der Waals surface area (Å²) in [6.07, 6.45) is -1.54. The van der Waals surface area contributed by atoms with Crippen molar-refractivity contribution in [2.45, 2.75) is 37.4 Å². The van der Waals surface area contributed by atoms with Crippen LogP contribution in [0, 0.1) is 35.7 Å². The summed E-state index contributed by atoms with van der Waals surface area (Å²) in [6.45, 7) is 0.946. The Morgan fingerprint density at radius 1 is 1.10 bits per heavy atom. The Labute approximate surface area is 226 Å². The van der Waals surface area contributed by atoms with Crippen LogP contribution in [0.4, 0.5) is 13.2 Å². The van der Waals surface area contributed by atoms with Crippen molar-refractivity contribution in [2.24, 2.45) is 0 Å². The van der Waals surface area contributed by atoms with Gasteiger partial charge in [0.1, 0.15) is 48.0 Å². The van der Waals surface area contributed by atoms with E-state index in [2.05, 4.69) is 36.1 Å². The molecule has 15 heteroatoms. The van der Waals surface area contributed by atoms with E-state index in [9.17, 15) is 33.8 Å². The van der Waals surface area contributed by atoms with E-state index >= 15 is 0 Å². The molecule has 0 aliphatic carbocycles. The van der Waals surface area contributed by atoms with Crippen LogP contribution >= 0.6 is 15.9 Å². The van der Waals surface area contributed by atoms with Gasteiger partial charge in [0.15, 0.2) is 29.0 Å². The van der Waals surface area contributed by atoms with E-state index in [0.717, 1.165) is 16.8 Å². The number of hydrogen-bond acceptors (Lipinski definition) is 9. The summed E-state index contributed by atoms with van der Waals surface area (Å²) in [5.41, 5.74) is 0.405. The molecule has 5 atom stereocenters. The first-order chi connectivity index (χ1) is 18.6. The van der Waals surface area contributed by atoms with Crippen molar-refractivity contribution in [1.29, 1.82) is 5.26 Å². The zero-order valence-electron chi connectivity index (χ0n) is 20.0. The lowest BCUT2D eigenvalue weighted by molar-refractivity contribution is -0.210. The summed E-state index contributed by atoms with van der Waals surface area (Å²) in [5, 5.41) is 50.3. The number of halogens is 4. The van der Waals surface area contributed by atoms with Gasteiger partial charge in [0.25, 0.3) is 0 Å². The molecule has 0 amide bonds. The molecule has 4 heterocycles. The number of aliphatic hydroxyl groups excluding tert-OH is 3. The third-order valence-electron chi connectivity index (χ3n) is 6.28. The number of nitrogens with zero attached hydrogens (tertiary/aromatic N) is 7. The molecule has 3 aromatic heterocycles. The largest absolute Gasteiger partial charge is 0.394 e. The van der Waals surface area contributed by atoms with E-state index in [-0.39, 0.29) is 34.2 Å². The molecule has 1 saturated heterocycles. The molecule has 11 nitrogen and oxygen atoms in total. The van der Waals surface area contributed by atoms with Gasteiger partial charge in [-0.2, -0.15) is 15.5 Å². The molecule has 1 aromatic carbocycles. The maximum atomic E-state index is 13.8. The maximum Gasteiger partial charge on any atom is 0.194 e. The van der Waals surface area contributed by atoms with Gasteiger partial charge in [0.05, 0.1) is 12.8 Å². The van der Waals surface area contributed by atoms with E-state index < -0.39 is 54.5 Å². The molecule has 1 fully saturated rings. The Morgan fingerprint density at radius 2 is 1.82 bits per heavy atom. The number of pyridine rings is 1. The molecule has 3 N–H and O–H groups in total. The maximum absolute atomic E-state index is 13.8. The highest BCUT2D eigenvalue weighted by atomic mass is 79.9. The van der Waals surface area contributed by atoms with Crippen molar-refractivity contribution >= 4 is 15.9 Å². The highest BCUT2D eigenvalue weighted by Gasteiger charge is 2.48. The van der Waals surface area contributed by atoms with E-state index in [1.807, 2.05) is 6.07 Å². The van der Waals surface area contributed by atoms with Crippen molar-refractivity contribution in [3.05, 3.63) is 76.1 Å². The Hall–Kier alpha value is -3.68. The molecule has 0 saturated carbocycles. The van der Waals surface area contributed by atoms with E-state index in [1.54, 1.807) is 13.0 Å². The molecule has 0 spiro atoms. The normalized spacial score (nSPS) is 23.1. The number of aromatic nitrogens is 6. The first-order valence-electron chi connectivity index (χ1n) is 11.4. The summed E-state index contributed by atoms with van der Waals surface area (Å²) >= 11 is 3.31. The summed E-state index contributed by atoms with van der Waals surface area (Å²) in [6, 6.07) is 3.90. The monoisotopic (exact) mass is 605 g/mol. The van der Waals surface area contributed by atoms with Gasteiger partial charge in [-0.05, 0) is 46.6 Å². The molecule has 4 aromatic rings. The first-order valence-corrected chi connectivity index (χ1v) is 12.2. The van der Waals surface area contributed by atoms with Crippen LogP contribution in [0.1, 0.15) is 29.5 Å². The Balaban J connectivity index is 1.57. The van der Waals surface area contributed by atoms with Crippen LogP contribution in [0.15, 0.2) is 41.3 Å². The van der Waals surface area contributed by atoms with Crippen LogP contribution in [-0.2, 0) is 4.74 Å². The van der Waals surface area contributed by atoms with Crippen LogP contribution in [-0.4, -0.2) is 69.8 Å². The van der Waals surface area contributed by atoms with E-state index in [4.69, 9.17) is 4.74 Å². The highest BCUT2D eigenvalue weighted by molar-refractivity contribution is 9.10. The van der Waals surface area contributed by atoms with Gasteiger partial charge in [-0.15, -0.1) is 0 Å². The third kappa shape index (κ3) is 4.81. The van der Waals surface area contributed by atoms with Crippen molar-refractivity contribution < 1.29 is 33.2 Å². The average Bonchev–Trinajstić information content (AvgIpc) is 3.54. The second-order valence-electron chi connectivity index (χ2n) is 8.77. The minimum absolute atomic E-state index is 0.0143. The molecule has 0 bridgehead atoms. The summed E-state index contributed by atoms with van der Waals surface area (Å²) in [4.78, 5) is 8.44. The number of aliphatic hydroxyl groups is 3. The fourth-order valence-corrected chi connectivity index (χ4v) is 4.79. The molecule has 202 valence electrons. The van der Waals surface area contributed by atoms with E-state index in [0.29, 0.717) is 4.47 Å². The standard InChI is InChI=1S/C24H19BrF3N7O4/c1-10-32-24(35(33-10)17-4-13(25)7-30-16(17)5-29)23-22(38)20(21(37)18(9-36)39-23)34-8-12(6-31-34)11-2-14(26)19(28)15(27)3-11/h2-4,6-8,18,20-23,36-38H,9H2,1H3/t18?,20?,21-,22-,23+/m0/s1. The van der Waals surface area contributed by atoms with Gasteiger partial charge < -0.3 is 20.1 Å². The zero-order chi connectivity index (χ0) is 28.0. The molecule has 5 rings (SSSR count). The van der Waals surface area contributed by atoms with Crippen molar-refractivity contribution in [1.82, 2.24) is 29.5 Å². The SMILES string of the molecule is Cc1nc([C@@H]2OC(CO)[C@H](O)C(n3cc(-c4cc(F)c(F)c(F)c4)cn3)[C@@H]2O)n(-c2cc(Br)cnc2C#N)n1. The summed E-state index contributed by atoms with van der Waals surface area (Å²) < 4.78 is 49.8. The third-order valence-corrected chi connectivity index (χ3v) is 6.71. The van der Waals surface area contributed by atoms with Gasteiger partial charge in [0, 0.05) is 22.4 Å². The Bertz CT molecular complexity index is 1570. The Morgan fingerprint density at radius 3 is 2.49 bits per heavy atom. The summed E-state index contributed by atoms with van der Waals surface area (Å²) in [7, 11) is 0. The van der Waals surface area contributed by atoms with Crippen molar-refractivity contribution in [3.63, 3.8) is 0 Å². The molecule has 39 heavy (non-hydrogen) atoms. The van der Waals surface area contributed by atoms with Crippen molar-refractivity contribution in [3.8, 4) is 22.9 Å². The minimum Gasteiger partial charge on any atom is -0.394 e. The predicted molar refractivity (Wildman–Crippen MR) is 130 cm³/mol. The lowest BCUT2D eigenvalue weighted by Crippen LogP contribution is -2.53. The summed E-state index contributed by atoms with van der Waals surface area (Å²) in [5.74, 6) is -4.07. The predicted octanol–water partition coefficient (Wildman–Crippen LogP) is 2.28. The van der Waals surface area contributed by atoms with Crippen LogP contribution in [0.2, 0.25) is 0 Å². The zero-order valence-corrected chi connectivity index (χ0v) is 21.5. The fourth-order valence-electron chi connectivity index (χ4n) is 4.47. The quantitative estimate of drug-likeness (QED) is 0.290. The number of ether oxygens (including phenoxy) is 1. The van der Waals surface area contributed by atoms with Gasteiger partial charge in [-0.1, -0.05) is 0 Å². The molecular formula is C24H19BrF3N7O4. The topological polar surface area (TPSA) is 155 Å². The fraction of sp³-hybridized carbons (Fsp3) is 0.292. The number of benzene rings is 1. The lowest BCUT2D eigenvalue weighted by atomic mass is 9.92. The minimum atomic E-state index is -1.62. The Kier molecular flexibility index (Phi) is 7.23. The van der Waals surface area contributed by atoms with Crippen LogP contribution in [0.25, 0.3) is 16.8 Å². The molecular weight excluding hydrogens is 587 g/mol. The molecule has 1 aliphatic heterocycles. The second-order valence-corrected chi connectivity index (χ2v) is 9.69. The lowest BCUT2D eigenvalue weighted by Gasteiger charge is -2.41. The highest BCUT2D eigenvalue weighted by Crippen LogP contribution is 2.39. The van der Waals surface area contributed by atoms with Crippen LogP contribution < -0.4 is 0 Å². The van der Waals surface area contributed by atoms with Crippen LogP contribution in [0.5, 0.6) is 0 Å².